The molecule has 4 amide bonds. The average molecular weight is 1230 g/mol. The van der Waals surface area contributed by atoms with E-state index >= 15 is 0 Å². The van der Waals surface area contributed by atoms with Gasteiger partial charge in [0.25, 0.3) is 5.91 Å². The molecule has 6 aromatic rings. The highest BCUT2D eigenvalue weighted by Crippen LogP contribution is 2.48. The predicted octanol–water partition coefficient (Wildman–Crippen LogP) is 10.2. The van der Waals surface area contributed by atoms with E-state index in [-0.39, 0.29) is 95.5 Å². The lowest BCUT2D eigenvalue weighted by molar-refractivity contribution is -0.155. The number of aromatic nitrogens is 2. The number of halogens is 2. The van der Waals surface area contributed by atoms with E-state index in [0.29, 0.717) is 94.9 Å². The highest BCUT2D eigenvalue weighted by atomic mass is 35.5. The Morgan fingerprint density at radius 3 is 2.07 bits per heavy atom. The van der Waals surface area contributed by atoms with Gasteiger partial charge >= 0.3 is 12.1 Å². The smallest absolute Gasteiger partial charge is 0.407 e. The lowest BCUT2D eigenvalue weighted by atomic mass is 9.95. The van der Waals surface area contributed by atoms with E-state index in [0.717, 1.165) is 27.8 Å². The average Bonchev–Trinajstić information content (AvgIpc) is 1.68. The van der Waals surface area contributed by atoms with Gasteiger partial charge in [-0.1, -0.05) is 83.9 Å². The van der Waals surface area contributed by atoms with E-state index in [1.165, 1.54) is 0 Å². The van der Waals surface area contributed by atoms with Crippen LogP contribution in [0.15, 0.2) is 103 Å². The Labute approximate surface area is 516 Å². The monoisotopic (exact) mass is 1230 g/mol. The molecule has 0 unspecified atom stereocenters. The zero-order valence-electron chi connectivity index (χ0n) is 49.8. The van der Waals surface area contributed by atoms with Gasteiger partial charge in [-0.15, -0.1) is 0 Å². The SMILES string of the molecule is COc1cc2c(cc1-c1cccc(NC(=O)CCOCCOCCOCCOCCNC(=O)[C@@H](CCC(=O)OC(C)(C)C)NC(=O)OCC3c4ccccc4-c4ccccc43)c1)-c1c(c(C(=O)N3CCOCC3(C)C)nn1-c1cc(Cl)cc(Cl)c1)CO2. The molecule has 1 saturated heterocycles. The summed E-state index contributed by atoms with van der Waals surface area (Å²) in [6.07, 6.45) is -0.768. The van der Waals surface area contributed by atoms with Gasteiger partial charge in [0.15, 0.2) is 5.69 Å². The molecule has 9 rings (SSSR count). The maximum atomic E-state index is 14.4. The number of fused-ring (bicyclic) bond motifs is 6. The van der Waals surface area contributed by atoms with Crippen molar-refractivity contribution in [3.8, 4) is 50.7 Å². The molecule has 3 heterocycles. The summed E-state index contributed by atoms with van der Waals surface area (Å²) in [7, 11) is 1.57. The van der Waals surface area contributed by atoms with Crippen LogP contribution in [-0.4, -0.2) is 155 Å². The lowest BCUT2D eigenvalue weighted by Crippen LogP contribution is -2.55. The van der Waals surface area contributed by atoms with Gasteiger partial charge < -0.3 is 63.5 Å². The number of esters is 1. The number of benzene rings is 5. The van der Waals surface area contributed by atoms with Crippen LogP contribution in [0.3, 0.4) is 0 Å². The normalized spacial score (nSPS) is 14.4. The minimum absolute atomic E-state index is 0.000251. The van der Waals surface area contributed by atoms with Crippen LogP contribution in [0, 0.1) is 0 Å². The van der Waals surface area contributed by atoms with Gasteiger partial charge in [-0.25, -0.2) is 9.48 Å². The van der Waals surface area contributed by atoms with Crippen molar-refractivity contribution in [1.29, 1.82) is 0 Å². The number of ether oxygens (including phenoxy) is 9. The zero-order chi connectivity index (χ0) is 61.7. The fourth-order valence-electron chi connectivity index (χ4n) is 10.6. The number of anilines is 1. The first-order valence-electron chi connectivity index (χ1n) is 29.0. The Bertz CT molecular complexity index is 3370. The standard InChI is InChI=1S/C65H74Cl2N6O14/c1-64(2,3)87-58(75)19-18-54(70-63(78)86-38-52-48-16-9-7-14-46(48)47-15-8-10-17-49(47)52)61(76)68-21-24-81-27-29-83-31-30-82-28-26-80-23-20-57(74)69-44-13-11-12-41(32-44)50-36-51-56(37-55(50)79-6)85-39-53-59(62(77)72-22-25-84-40-65(72,4)5)71-73(60(51)53)45-34-42(66)33-43(67)35-45/h7-17,32-37,52,54H,18-31,38-40H2,1-6H3,(H,68,76)(H,69,74)(H,70,78)/t54-/m1/s1. The Kier molecular flexibility index (Phi) is 21.6. The van der Waals surface area contributed by atoms with Gasteiger partial charge in [-0.2, -0.15) is 5.10 Å². The second-order valence-electron chi connectivity index (χ2n) is 22.6. The molecular weight excluding hydrogens is 1160 g/mol. The number of morpholine rings is 1. The van der Waals surface area contributed by atoms with Crippen molar-refractivity contribution < 1.29 is 66.6 Å². The second kappa shape index (κ2) is 29.4. The number of rotatable bonds is 27. The molecule has 0 radical (unpaired) electrons. The number of alkyl carbamates (subject to hydrolysis) is 1. The van der Waals surface area contributed by atoms with E-state index in [4.69, 9.17) is 70.9 Å². The van der Waals surface area contributed by atoms with Crippen LogP contribution in [0.25, 0.3) is 39.2 Å². The Morgan fingerprint density at radius 1 is 0.759 bits per heavy atom. The molecule has 1 aromatic heterocycles. The van der Waals surface area contributed by atoms with Crippen molar-refractivity contribution in [2.45, 2.75) is 83.6 Å². The van der Waals surface area contributed by atoms with Crippen molar-refractivity contribution in [2.24, 2.45) is 0 Å². The molecular formula is C65H74Cl2N6O14. The molecule has 22 heteroatoms. The van der Waals surface area contributed by atoms with Crippen molar-refractivity contribution in [1.82, 2.24) is 25.3 Å². The molecule has 462 valence electrons. The largest absolute Gasteiger partial charge is 0.496 e. The van der Waals surface area contributed by atoms with Gasteiger partial charge in [0.2, 0.25) is 11.8 Å². The van der Waals surface area contributed by atoms with E-state index in [1.54, 1.807) is 67.8 Å². The molecule has 87 heavy (non-hydrogen) atoms. The third-order valence-electron chi connectivity index (χ3n) is 14.7. The third kappa shape index (κ3) is 16.5. The maximum Gasteiger partial charge on any atom is 0.407 e. The number of amides is 4. The Balaban J connectivity index is 0.678. The van der Waals surface area contributed by atoms with Gasteiger partial charge in [-0.3, -0.25) is 19.2 Å². The molecule has 1 fully saturated rings. The van der Waals surface area contributed by atoms with Crippen LogP contribution < -0.4 is 25.4 Å². The number of methoxy groups -OCH3 is 1. The Morgan fingerprint density at radius 2 is 1.41 bits per heavy atom. The first-order chi connectivity index (χ1) is 41.9. The molecule has 0 saturated carbocycles. The summed E-state index contributed by atoms with van der Waals surface area (Å²) >= 11 is 13.0. The molecule has 3 N–H and O–H groups in total. The molecule has 20 nitrogen and oxygen atoms in total. The van der Waals surface area contributed by atoms with Crippen LogP contribution in [0.2, 0.25) is 10.0 Å². The minimum atomic E-state index is -1.06. The number of hydrogen-bond acceptors (Lipinski definition) is 15. The number of nitrogens with one attached hydrogen (secondary N) is 3. The second-order valence-corrected chi connectivity index (χ2v) is 23.5. The predicted molar refractivity (Wildman–Crippen MR) is 328 cm³/mol. The summed E-state index contributed by atoms with van der Waals surface area (Å²) in [5.41, 5.74) is 7.77. The fraction of sp³-hybridized carbons (Fsp3) is 0.415. The summed E-state index contributed by atoms with van der Waals surface area (Å²) < 4.78 is 53.4. The lowest BCUT2D eigenvalue weighted by Gasteiger charge is -2.41. The van der Waals surface area contributed by atoms with E-state index in [9.17, 15) is 24.0 Å². The molecule has 1 atom stereocenters. The first kappa shape index (κ1) is 63.9. The van der Waals surface area contributed by atoms with Crippen molar-refractivity contribution in [2.75, 3.05) is 98.2 Å². The molecule has 2 aliphatic heterocycles. The van der Waals surface area contributed by atoms with Gasteiger partial charge in [0.1, 0.15) is 36.4 Å². The molecule has 1 aliphatic carbocycles. The molecule has 0 bridgehead atoms. The van der Waals surface area contributed by atoms with Crippen LogP contribution in [0.4, 0.5) is 10.5 Å². The van der Waals surface area contributed by atoms with Crippen LogP contribution in [-0.2, 0) is 54.1 Å². The van der Waals surface area contributed by atoms with E-state index in [1.807, 2.05) is 86.6 Å². The maximum absolute atomic E-state index is 14.4. The van der Waals surface area contributed by atoms with E-state index in [2.05, 4.69) is 16.0 Å². The zero-order valence-corrected chi connectivity index (χ0v) is 51.3. The van der Waals surface area contributed by atoms with Crippen molar-refractivity contribution in [3.63, 3.8) is 0 Å². The van der Waals surface area contributed by atoms with Gasteiger partial charge in [0, 0.05) is 63.9 Å². The van der Waals surface area contributed by atoms with Crippen molar-refractivity contribution >= 4 is 58.7 Å². The summed E-state index contributed by atoms with van der Waals surface area (Å²) in [5.74, 6) is -0.578. The van der Waals surface area contributed by atoms with E-state index < -0.39 is 35.2 Å². The van der Waals surface area contributed by atoms with Crippen molar-refractivity contribution in [3.05, 3.63) is 136 Å². The molecule has 5 aromatic carbocycles. The number of hydrogen-bond donors (Lipinski definition) is 3. The molecule has 0 spiro atoms. The third-order valence-corrected chi connectivity index (χ3v) is 15.1. The van der Waals surface area contributed by atoms with Crippen LogP contribution in [0.1, 0.15) is 87.0 Å². The highest BCUT2D eigenvalue weighted by Gasteiger charge is 2.40. The Hall–Kier alpha value is -7.56. The number of carbonyl (C=O) groups excluding carboxylic acids is 5. The van der Waals surface area contributed by atoms with Gasteiger partial charge in [0.05, 0.1) is 96.5 Å². The topological polar surface area (TPSA) is 226 Å². The highest BCUT2D eigenvalue weighted by molar-refractivity contribution is 6.34. The minimum Gasteiger partial charge on any atom is -0.496 e. The first-order valence-corrected chi connectivity index (χ1v) is 29.8. The number of nitrogens with zero attached hydrogens (tertiary/aromatic N) is 3. The summed E-state index contributed by atoms with van der Waals surface area (Å²) in [6, 6.07) is 31.2. The van der Waals surface area contributed by atoms with Crippen LogP contribution >= 0.6 is 23.2 Å². The summed E-state index contributed by atoms with van der Waals surface area (Å²) in [6.45, 7) is 12.8. The number of carbonyl (C=O) groups is 5. The van der Waals surface area contributed by atoms with Crippen LogP contribution in [0.5, 0.6) is 11.5 Å². The quantitative estimate of drug-likeness (QED) is 0.0322. The van der Waals surface area contributed by atoms with Gasteiger partial charge in [-0.05, 0) is 105 Å². The summed E-state index contributed by atoms with van der Waals surface area (Å²) in [5, 5.41) is 14.1. The summed E-state index contributed by atoms with van der Waals surface area (Å²) in [4.78, 5) is 68.4. The fourth-order valence-corrected chi connectivity index (χ4v) is 11.2. The molecule has 3 aliphatic rings.